The third-order valence-electron chi connectivity index (χ3n) is 1.41. The van der Waals surface area contributed by atoms with Gasteiger partial charge >= 0.3 is 0 Å². The second-order valence-electron chi connectivity index (χ2n) is 2.96. The minimum absolute atomic E-state index is 0.0848. The number of halogens is 1. The number of nitrogens with zero attached hydrogens (tertiary/aromatic N) is 1. The Morgan fingerprint density at radius 1 is 1.62 bits per heavy atom. The first kappa shape index (κ1) is 9.92. The van der Waals surface area contributed by atoms with Crippen LogP contribution in [0.1, 0.15) is 19.4 Å². The van der Waals surface area contributed by atoms with Crippen molar-refractivity contribution in [1.82, 2.24) is 4.98 Å². The molecule has 0 saturated carbocycles. The van der Waals surface area contributed by atoms with Crippen molar-refractivity contribution in [3.8, 4) is 5.75 Å². The lowest BCUT2D eigenvalue weighted by Crippen LogP contribution is -2.08. The Hall–Kier alpha value is -1.16. The average Bonchev–Trinajstić information content (AvgIpc) is 2.08. The number of aliphatic hydroxyl groups is 1. The molecule has 13 heavy (non-hydrogen) atoms. The minimum atomic E-state index is -0.647. The second-order valence-corrected chi connectivity index (χ2v) is 2.96. The fourth-order valence-electron chi connectivity index (χ4n) is 0.891. The Morgan fingerprint density at radius 2 is 2.31 bits per heavy atom. The normalized spacial score (nSPS) is 10.5. The van der Waals surface area contributed by atoms with Gasteiger partial charge in [-0.1, -0.05) is 0 Å². The molecule has 0 amide bonds. The Morgan fingerprint density at radius 3 is 2.85 bits per heavy atom. The molecule has 0 saturated heterocycles. The molecule has 0 spiro atoms. The van der Waals surface area contributed by atoms with Gasteiger partial charge in [-0.15, -0.1) is 0 Å². The standard InChI is InChI=1S/C9H12FNO2/c1-6(2)13-8-3-7(5-12)4-11-9(8)10/h3-4,6,12H,5H2,1-2H3. The van der Waals surface area contributed by atoms with E-state index >= 15 is 0 Å². The van der Waals surface area contributed by atoms with Gasteiger partial charge in [0.1, 0.15) is 0 Å². The lowest BCUT2D eigenvalue weighted by atomic mass is 10.3. The first-order valence-corrected chi connectivity index (χ1v) is 4.05. The van der Waals surface area contributed by atoms with E-state index < -0.39 is 5.95 Å². The summed E-state index contributed by atoms with van der Waals surface area (Å²) in [6, 6.07) is 1.45. The first-order valence-electron chi connectivity index (χ1n) is 4.05. The SMILES string of the molecule is CC(C)Oc1cc(CO)cnc1F. The monoisotopic (exact) mass is 185 g/mol. The molecule has 0 aliphatic carbocycles. The smallest absolute Gasteiger partial charge is 0.255 e. The molecule has 0 unspecified atom stereocenters. The summed E-state index contributed by atoms with van der Waals surface area (Å²) in [4.78, 5) is 3.45. The fraction of sp³-hybridized carbons (Fsp3) is 0.444. The van der Waals surface area contributed by atoms with Crippen LogP contribution >= 0.6 is 0 Å². The summed E-state index contributed by atoms with van der Waals surface area (Å²) in [5.74, 6) is -0.563. The fourth-order valence-corrected chi connectivity index (χ4v) is 0.891. The van der Waals surface area contributed by atoms with Crippen LogP contribution < -0.4 is 4.74 Å². The van der Waals surface area contributed by atoms with E-state index in [1.54, 1.807) is 13.8 Å². The van der Waals surface area contributed by atoms with Crippen molar-refractivity contribution in [1.29, 1.82) is 0 Å². The van der Waals surface area contributed by atoms with E-state index in [-0.39, 0.29) is 18.5 Å². The quantitative estimate of drug-likeness (QED) is 0.725. The molecule has 1 aromatic rings. The minimum Gasteiger partial charge on any atom is -0.486 e. The Kier molecular flexibility index (Phi) is 3.19. The summed E-state index contributed by atoms with van der Waals surface area (Å²) < 4.78 is 18.1. The van der Waals surface area contributed by atoms with Gasteiger partial charge in [-0.05, 0) is 25.5 Å². The molecule has 1 aromatic heterocycles. The number of aromatic nitrogens is 1. The van der Waals surface area contributed by atoms with E-state index in [4.69, 9.17) is 9.84 Å². The molecule has 0 bridgehead atoms. The van der Waals surface area contributed by atoms with E-state index in [0.29, 0.717) is 5.56 Å². The number of hydrogen-bond acceptors (Lipinski definition) is 3. The highest BCUT2D eigenvalue weighted by atomic mass is 19.1. The Labute approximate surface area is 76.2 Å². The van der Waals surface area contributed by atoms with Gasteiger partial charge in [0, 0.05) is 6.20 Å². The molecule has 0 aromatic carbocycles. The van der Waals surface area contributed by atoms with Crippen LogP contribution in [0.3, 0.4) is 0 Å². The Bertz CT molecular complexity index is 289. The van der Waals surface area contributed by atoms with Crippen LogP contribution in [-0.2, 0) is 6.61 Å². The Balaban J connectivity index is 2.90. The largest absolute Gasteiger partial charge is 0.486 e. The van der Waals surface area contributed by atoms with Gasteiger partial charge in [0.15, 0.2) is 5.75 Å². The zero-order valence-corrected chi connectivity index (χ0v) is 7.62. The predicted octanol–water partition coefficient (Wildman–Crippen LogP) is 1.50. The van der Waals surface area contributed by atoms with Crippen LogP contribution in [0.2, 0.25) is 0 Å². The number of rotatable bonds is 3. The van der Waals surface area contributed by atoms with Crippen LogP contribution in [0.4, 0.5) is 4.39 Å². The number of ether oxygens (including phenoxy) is 1. The maximum Gasteiger partial charge on any atom is 0.255 e. The van der Waals surface area contributed by atoms with Crippen molar-refractivity contribution in [2.75, 3.05) is 0 Å². The molecule has 0 radical (unpaired) electrons. The molecular weight excluding hydrogens is 173 g/mol. The maximum atomic E-state index is 12.9. The topological polar surface area (TPSA) is 42.4 Å². The highest BCUT2D eigenvalue weighted by Crippen LogP contribution is 2.17. The molecule has 72 valence electrons. The summed E-state index contributed by atoms with van der Waals surface area (Å²) in [6.07, 6.45) is 1.17. The summed E-state index contributed by atoms with van der Waals surface area (Å²) >= 11 is 0. The van der Waals surface area contributed by atoms with Crippen molar-refractivity contribution in [2.45, 2.75) is 26.6 Å². The molecule has 1 heterocycles. The van der Waals surface area contributed by atoms with Crippen molar-refractivity contribution in [2.24, 2.45) is 0 Å². The van der Waals surface area contributed by atoms with Gasteiger partial charge in [0.2, 0.25) is 0 Å². The molecule has 3 nitrogen and oxygen atoms in total. The van der Waals surface area contributed by atoms with Gasteiger partial charge in [0.05, 0.1) is 12.7 Å². The zero-order valence-electron chi connectivity index (χ0n) is 7.62. The zero-order chi connectivity index (χ0) is 9.84. The van der Waals surface area contributed by atoms with E-state index in [1.165, 1.54) is 12.3 Å². The lowest BCUT2D eigenvalue weighted by Gasteiger charge is -2.10. The number of aliphatic hydroxyl groups excluding tert-OH is 1. The molecule has 1 rings (SSSR count). The van der Waals surface area contributed by atoms with Crippen molar-refractivity contribution < 1.29 is 14.2 Å². The first-order chi connectivity index (χ1) is 6.13. The summed E-state index contributed by atoms with van der Waals surface area (Å²) in [5, 5.41) is 8.77. The predicted molar refractivity (Wildman–Crippen MR) is 45.9 cm³/mol. The maximum absolute atomic E-state index is 12.9. The van der Waals surface area contributed by atoms with Gasteiger partial charge in [-0.25, -0.2) is 4.98 Å². The van der Waals surface area contributed by atoms with Crippen molar-refractivity contribution >= 4 is 0 Å². The summed E-state index contributed by atoms with van der Waals surface area (Å²) in [5.41, 5.74) is 0.539. The van der Waals surface area contributed by atoms with Crippen molar-refractivity contribution in [3.63, 3.8) is 0 Å². The molecule has 0 aliphatic rings. The van der Waals surface area contributed by atoms with Crippen LogP contribution in [-0.4, -0.2) is 16.2 Å². The lowest BCUT2D eigenvalue weighted by molar-refractivity contribution is 0.226. The van der Waals surface area contributed by atoms with Gasteiger partial charge < -0.3 is 9.84 Å². The van der Waals surface area contributed by atoms with Gasteiger partial charge in [0.25, 0.3) is 5.95 Å². The van der Waals surface area contributed by atoms with Crippen LogP contribution in [0.15, 0.2) is 12.3 Å². The van der Waals surface area contributed by atoms with Crippen LogP contribution in [0.25, 0.3) is 0 Å². The third-order valence-corrected chi connectivity index (χ3v) is 1.41. The van der Waals surface area contributed by atoms with E-state index in [9.17, 15) is 4.39 Å². The van der Waals surface area contributed by atoms with E-state index in [0.717, 1.165) is 0 Å². The highest BCUT2D eigenvalue weighted by molar-refractivity contribution is 5.24. The van der Waals surface area contributed by atoms with Crippen molar-refractivity contribution in [3.05, 3.63) is 23.8 Å². The molecular formula is C9H12FNO2. The van der Waals surface area contributed by atoms with Gasteiger partial charge in [-0.3, -0.25) is 0 Å². The van der Waals surface area contributed by atoms with E-state index in [1.807, 2.05) is 0 Å². The summed E-state index contributed by atoms with van der Waals surface area (Å²) in [6.45, 7) is 3.43. The van der Waals surface area contributed by atoms with E-state index in [2.05, 4.69) is 4.98 Å². The molecule has 0 fully saturated rings. The number of pyridine rings is 1. The molecule has 0 aliphatic heterocycles. The highest BCUT2D eigenvalue weighted by Gasteiger charge is 2.07. The average molecular weight is 185 g/mol. The summed E-state index contributed by atoms with van der Waals surface area (Å²) in [7, 11) is 0. The third kappa shape index (κ3) is 2.66. The van der Waals surface area contributed by atoms with Gasteiger partial charge in [-0.2, -0.15) is 4.39 Å². The second kappa shape index (κ2) is 4.18. The molecule has 0 atom stereocenters. The molecule has 4 heteroatoms. The van der Waals surface area contributed by atoms with Crippen LogP contribution in [0.5, 0.6) is 5.75 Å². The number of hydrogen-bond donors (Lipinski definition) is 1. The molecule has 1 N–H and O–H groups in total. The van der Waals surface area contributed by atoms with Crippen LogP contribution in [0, 0.1) is 5.95 Å².